The first-order valence-electron chi connectivity index (χ1n) is 5.93. The van der Waals surface area contributed by atoms with Crippen molar-refractivity contribution in [3.8, 4) is 0 Å². The van der Waals surface area contributed by atoms with E-state index in [9.17, 15) is 14.7 Å². The molecule has 3 rings (SSSR count). The molecule has 2 N–H and O–H groups in total. The monoisotopic (exact) mass is 246 g/mol. The average molecular weight is 246 g/mol. The van der Waals surface area contributed by atoms with Gasteiger partial charge in [-0.25, -0.2) is 0 Å². The van der Waals surface area contributed by atoms with Gasteiger partial charge in [0.1, 0.15) is 0 Å². The molecule has 0 bridgehead atoms. The summed E-state index contributed by atoms with van der Waals surface area (Å²) in [4.78, 5) is 25.1. The van der Waals surface area contributed by atoms with Crippen molar-refractivity contribution in [1.29, 1.82) is 0 Å². The second kappa shape index (κ2) is 3.90. The second-order valence-electron chi connectivity index (χ2n) is 4.95. The largest absolute Gasteiger partial charge is 0.378 e. The van der Waals surface area contributed by atoms with Crippen LogP contribution in [-0.2, 0) is 16.1 Å². The molecule has 2 heterocycles. The molecule has 2 saturated heterocycles. The number of imide groups is 1. The van der Waals surface area contributed by atoms with Crippen molar-refractivity contribution in [1.82, 2.24) is 10.2 Å². The van der Waals surface area contributed by atoms with Crippen LogP contribution in [-0.4, -0.2) is 40.5 Å². The SMILES string of the molecule is O=C1NC(=O)C2(O)CN(Cc3ccccc3)CC12. The zero-order valence-electron chi connectivity index (χ0n) is 9.80. The van der Waals surface area contributed by atoms with E-state index >= 15 is 0 Å². The van der Waals surface area contributed by atoms with Crippen LogP contribution in [0.1, 0.15) is 5.56 Å². The highest BCUT2D eigenvalue weighted by Crippen LogP contribution is 2.33. The van der Waals surface area contributed by atoms with Crippen LogP contribution < -0.4 is 5.32 Å². The fourth-order valence-electron chi connectivity index (χ4n) is 2.72. The van der Waals surface area contributed by atoms with Crippen molar-refractivity contribution in [3.63, 3.8) is 0 Å². The molecule has 0 aromatic heterocycles. The van der Waals surface area contributed by atoms with Crippen LogP contribution in [0.2, 0.25) is 0 Å². The Morgan fingerprint density at radius 1 is 1.33 bits per heavy atom. The quantitative estimate of drug-likeness (QED) is 0.691. The van der Waals surface area contributed by atoms with E-state index in [2.05, 4.69) is 5.32 Å². The summed E-state index contributed by atoms with van der Waals surface area (Å²) in [5.74, 6) is -1.56. The summed E-state index contributed by atoms with van der Waals surface area (Å²) in [6.07, 6.45) is 0. The number of aliphatic hydroxyl groups is 1. The predicted octanol–water partition coefficient (Wildman–Crippen LogP) is -0.494. The molecule has 2 aliphatic heterocycles. The summed E-state index contributed by atoms with van der Waals surface area (Å²) in [7, 11) is 0. The molecule has 0 radical (unpaired) electrons. The third-order valence-corrected chi connectivity index (χ3v) is 3.68. The Bertz CT molecular complexity index is 502. The highest BCUT2D eigenvalue weighted by atomic mass is 16.3. The van der Waals surface area contributed by atoms with Crippen molar-refractivity contribution in [2.45, 2.75) is 12.1 Å². The minimum Gasteiger partial charge on any atom is -0.378 e. The Kier molecular flexibility index (Phi) is 2.46. The van der Waals surface area contributed by atoms with Crippen molar-refractivity contribution in [2.75, 3.05) is 13.1 Å². The molecular weight excluding hydrogens is 232 g/mol. The van der Waals surface area contributed by atoms with Crippen LogP contribution in [0, 0.1) is 5.92 Å². The minimum atomic E-state index is -1.54. The van der Waals surface area contributed by atoms with Gasteiger partial charge >= 0.3 is 0 Å². The normalized spacial score (nSPS) is 31.5. The van der Waals surface area contributed by atoms with E-state index in [4.69, 9.17) is 0 Å². The third-order valence-electron chi connectivity index (χ3n) is 3.68. The molecule has 0 aliphatic carbocycles. The Balaban J connectivity index is 1.76. The Labute approximate surface area is 104 Å². The smallest absolute Gasteiger partial charge is 0.260 e. The van der Waals surface area contributed by atoms with E-state index in [1.807, 2.05) is 35.2 Å². The summed E-state index contributed by atoms with van der Waals surface area (Å²) in [5.41, 5.74) is -0.430. The van der Waals surface area contributed by atoms with E-state index in [-0.39, 0.29) is 12.5 Å². The van der Waals surface area contributed by atoms with Crippen LogP contribution in [0.3, 0.4) is 0 Å². The summed E-state index contributed by atoms with van der Waals surface area (Å²) in [6.45, 7) is 1.27. The molecule has 2 unspecified atom stereocenters. The number of amides is 2. The van der Waals surface area contributed by atoms with E-state index in [0.717, 1.165) is 5.56 Å². The molecule has 5 heteroatoms. The van der Waals surface area contributed by atoms with Crippen LogP contribution in [0.5, 0.6) is 0 Å². The zero-order valence-corrected chi connectivity index (χ0v) is 9.80. The van der Waals surface area contributed by atoms with Crippen LogP contribution >= 0.6 is 0 Å². The Morgan fingerprint density at radius 2 is 2.06 bits per heavy atom. The maximum Gasteiger partial charge on any atom is 0.260 e. The fourth-order valence-corrected chi connectivity index (χ4v) is 2.72. The lowest BCUT2D eigenvalue weighted by atomic mass is 9.94. The van der Waals surface area contributed by atoms with Gasteiger partial charge in [-0.3, -0.25) is 19.8 Å². The van der Waals surface area contributed by atoms with Gasteiger partial charge in [0.05, 0.1) is 5.92 Å². The van der Waals surface area contributed by atoms with Crippen LogP contribution in [0.15, 0.2) is 30.3 Å². The molecule has 5 nitrogen and oxygen atoms in total. The lowest BCUT2D eigenvalue weighted by Gasteiger charge is -2.19. The van der Waals surface area contributed by atoms with E-state index in [1.54, 1.807) is 0 Å². The first-order chi connectivity index (χ1) is 8.59. The molecule has 94 valence electrons. The van der Waals surface area contributed by atoms with Gasteiger partial charge in [0.15, 0.2) is 5.60 Å². The lowest BCUT2D eigenvalue weighted by molar-refractivity contribution is -0.135. The fraction of sp³-hybridized carbons (Fsp3) is 0.385. The van der Waals surface area contributed by atoms with E-state index in [0.29, 0.717) is 13.1 Å². The molecule has 2 aliphatic rings. The zero-order chi connectivity index (χ0) is 12.8. The number of β-amino-alcohol motifs (C(OH)–C–C–N with tert-alkyl or cyclic N) is 1. The number of benzene rings is 1. The molecule has 2 fully saturated rings. The lowest BCUT2D eigenvalue weighted by Crippen LogP contribution is -2.44. The highest BCUT2D eigenvalue weighted by Gasteiger charge is 2.59. The van der Waals surface area contributed by atoms with Gasteiger partial charge in [0, 0.05) is 19.6 Å². The van der Waals surface area contributed by atoms with Gasteiger partial charge in [-0.2, -0.15) is 0 Å². The van der Waals surface area contributed by atoms with Gasteiger partial charge in [0.2, 0.25) is 5.91 Å². The molecule has 0 spiro atoms. The number of nitrogens with zero attached hydrogens (tertiary/aromatic N) is 1. The summed E-state index contributed by atoms with van der Waals surface area (Å²) >= 11 is 0. The Morgan fingerprint density at radius 3 is 2.72 bits per heavy atom. The third kappa shape index (κ3) is 1.63. The first-order valence-corrected chi connectivity index (χ1v) is 5.93. The van der Waals surface area contributed by atoms with Gasteiger partial charge < -0.3 is 5.11 Å². The molecule has 0 saturated carbocycles. The first kappa shape index (κ1) is 11.4. The van der Waals surface area contributed by atoms with Crippen LogP contribution in [0.4, 0.5) is 0 Å². The molecule has 1 aromatic carbocycles. The van der Waals surface area contributed by atoms with E-state index < -0.39 is 17.4 Å². The topological polar surface area (TPSA) is 69.6 Å². The number of nitrogens with one attached hydrogen (secondary N) is 1. The number of rotatable bonds is 2. The number of carbonyl (C=O) groups excluding carboxylic acids is 2. The van der Waals surface area contributed by atoms with Crippen molar-refractivity contribution in [3.05, 3.63) is 35.9 Å². The number of hydrogen-bond acceptors (Lipinski definition) is 4. The van der Waals surface area contributed by atoms with Gasteiger partial charge in [-0.05, 0) is 5.56 Å². The summed E-state index contributed by atoms with van der Waals surface area (Å²) in [6, 6.07) is 9.80. The number of likely N-dealkylation sites (tertiary alicyclic amines) is 1. The maximum atomic E-state index is 11.6. The molecule has 1 aromatic rings. The van der Waals surface area contributed by atoms with Gasteiger partial charge in [-0.1, -0.05) is 30.3 Å². The Hall–Kier alpha value is -1.72. The number of fused-ring (bicyclic) bond motifs is 1. The minimum absolute atomic E-state index is 0.212. The number of carbonyl (C=O) groups is 2. The standard InChI is InChI=1S/C13H14N2O3/c16-11-10-7-15(6-9-4-2-1-3-5-9)8-13(10,18)12(17)14-11/h1-5,10,18H,6-8H2,(H,14,16,17). The summed E-state index contributed by atoms with van der Waals surface area (Å²) in [5, 5.41) is 12.4. The van der Waals surface area contributed by atoms with Gasteiger partial charge in [0.25, 0.3) is 5.91 Å². The second-order valence-corrected chi connectivity index (χ2v) is 4.95. The molecule has 2 atom stereocenters. The van der Waals surface area contributed by atoms with E-state index in [1.165, 1.54) is 0 Å². The predicted molar refractivity (Wildman–Crippen MR) is 63.3 cm³/mol. The maximum absolute atomic E-state index is 11.6. The average Bonchev–Trinajstić information content (AvgIpc) is 2.77. The van der Waals surface area contributed by atoms with Crippen LogP contribution in [0.25, 0.3) is 0 Å². The molecule has 18 heavy (non-hydrogen) atoms. The van der Waals surface area contributed by atoms with Crippen molar-refractivity contribution >= 4 is 11.8 Å². The highest BCUT2D eigenvalue weighted by molar-refractivity contribution is 6.09. The molecule has 2 amide bonds. The van der Waals surface area contributed by atoms with Gasteiger partial charge in [-0.15, -0.1) is 0 Å². The van der Waals surface area contributed by atoms with Crippen molar-refractivity contribution < 1.29 is 14.7 Å². The molecular formula is C13H14N2O3. The van der Waals surface area contributed by atoms with Crippen molar-refractivity contribution in [2.24, 2.45) is 5.92 Å². The summed E-state index contributed by atoms with van der Waals surface area (Å²) < 4.78 is 0. The number of hydrogen-bond donors (Lipinski definition) is 2.